The monoisotopic (exact) mass is 412 g/mol. The lowest BCUT2D eigenvalue weighted by atomic mass is 9.86. The highest BCUT2D eigenvalue weighted by Gasteiger charge is 2.21. The van der Waals surface area contributed by atoms with Crippen LogP contribution in [-0.2, 0) is 0 Å². The van der Waals surface area contributed by atoms with Crippen LogP contribution in [0.25, 0.3) is 11.1 Å². The molecule has 0 spiro atoms. The summed E-state index contributed by atoms with van der Waals surface area (Å²) in [5.41, 5.74) is 6.84. The molecule has 3 rings (SSSR count). The van der Waals surface area contributed by atoms with Crippen LogP contribution >= 0.6 is 13.5 Å². The van der Waals surface area contributed by atoms with Gasteiger partial charge in [-0.3, -0.25) is 0 Å². The minimum absolute atomic E-state index is 0. The van der Waals surface area contributed by atoms with Crippen molar-refractivity contribution in [1.29, 1.82) is 0 Å². The van der Waals surface area contributed by atoms with E-state index in [0.29, 0.717) is 29.1 Å². The number of nitrogens with two attached hydrogens (primary N) is 1. The molecule has 7 nitrogen and oxygen atoms in total. The summed E-state index contributed by atoms with van der Waals surface area (Å²) < 4.78 is 18.6. The van der Waals surface area contributed by atoms with Gasteiger partial charge in [-0.15, -0.1) is 0 Å². The number of fused-ring (bicyclic) bond motifs is 1. The average molecular weight is 413 g/mol. The Kier molecular flexibility index (Phi) is 17.6. The lowest BCUT2D eigenvalue weighted by molar-refractivity contribution is 0.341. The molecule has 0 bridgehead atoms. The van der Waals surface area contributed by atoms with Gasteiger partial charge in [-0.2, -0.15) is 18.5 Å². The minimum Gasteiger partial charge on any atom is -0.423 e. The van der Waals surface area contributed by atoms with Crippen LogP contribution in [0.5, 0.6) is 0 Å². The number of halogens is 1. The standard InChI is InChI=1S/C14H18FN3O.C3H9N.CH4.2H2O.H2S.2H2/c15-10-3-6-12-13(7-10)19-14(18-12)17-11-4-1-9(8-16)2-5-11;1-3-4-2;;;;;;/h3,6-7,9,11H,1-2,4-5,8,16H2,(H,17,18);4H,3H2,1-2H3;1H4;3*1H2;2*1H. The van der Waals surface area contributed by atoms with E-state index in [0.717, 1.165) is 38.8 Å². The van der Waals surface area contributed by atoms with Gasteiger partial charge in [-0.05, 0) is 63.9 Å². The molecule has 8 N–H and O–H groups in total. The highest BCUT2D eigenvalue weighted by molar-refractivity contribution is 7.59. The van der Waals surface area contributed by atoms with Gasteiger partial charge >= 0.3 is 0 Å². The molecule has 1 aliphatic rings. The molecule has 0 saturated heterocycles. The van der Waals surface area contributed by atoms with Gasteiger partial charge in [0.05, 0.1) is 0 Å². The fourth-order valence-corrected chi connectivity index (χ4v) is 2.68. The second-order valence-corrected chi connectivity index (χ2v) is 5.94. The maximum absolute atomic E-state index is 13.1. The summed E-state index contributed by atoms with van der Waals surface area (Å²) in [7, 11) is 1.93. The summed E-state index contributed by atoms with van der Waals surface area (Å²) in [6.45, 7) is 3.91. The Hall–Kier alpha value is -1.39. The number of nitrogens with zero attached hydrogens (tertiary/aromatic N) is 1. The number of rotatable bonds is 4. The number of nitrogens with one attached hydrogen (secondary N) is 2. The molecule has 0 radical (unpaired) electrons. The van der Waals surface area contributed by atoms with Gasteiger partial charge in [0, 0.05) is 15.0 Å². The van der Waals surface area contributed by atoms with Gasteiger partial charge in [0.25, 0.3) is 6.01 Å². The Bertz CT molecular complexity index is 616. The molecular weight excluding hydrogens is 371 g/mol. The van der Waals surface area contributed by atoms with Gasteiger partial charge in [0.1, 0.15) is 11.3 Å². The number of aromatic nitrogens is 1. The number of hydrogen-bond donors (Lipinski definition) is 3. The van der Waals surface area contributed by atoms with Crippen LogP contribution in [0.3, 0.4) is 0 Å². The summed E-state index contributed by atoms with van der Waals surface area (Å²) in [4.78, 5) is 4.32. The first kappa shape index (κ1) is 30.3. The first-order chi connectivity index (χ1) is 11.2. The Balaban J connectivity index is -0.000000178. The predicted molar refractivity (Wildman–Crippen MR) is 121 cm³/mol. The average Bonchev–Trinajstić information content (AvgIpc) is 2.97. The third kappa shape index (κ3) is 9.39. The predicted octanol–water partition coefficient (Wildman–Crippen LogP) is 2.71. The zero-order valence-corrected chi connectivity index (χ0v) is 16.4. The summed E-state index contributed by atoms with van der Waals surface area (Å²) >= 11 is 0. The Labute approximate surface area is 171 Å². The molecule has 1 saturated carbocycles. The molecule has 1 heterocycles. The van der Waals surface area contributed by atoms with Crippen LogP contribution in [0.4, 0.5) is 10.4 Å². The SMILES string of the molecule is C.CCNC.NCC1CCC(Nc2nc3ccc(F)cc3o2)CC1.O.O.S.[HH].[HH]. The van der Waals surface area contributed by atoms with E-state index in [1.165, 1.54) is 12.1 Å². The van der Waals surface area contributed by atoms with Crippen molar-refractivity contribution in [3.8, 4) is 0 Å². The zero-order valence-electron chi connectivity index (χ0n) is 15.4. The number of benzene rings is 1. The lowest BCUT2D eigenvalue weighted by Gasteiger charge is -2.27. The normalized spacial score (nSPS) is 17.8. The third-order valence-electron chi connectivity index (χ3n) is 4.21. The van der Waals surface area contributed by atoms with Crippen LogP contribution in [-0.4, -0.2) is 42.1 Å². The lowest BCUT2D eigenvalue weighted by Crippen LogP contribution is -2.29. The molecule has 1 fully saturated rings. The van der Waals surface area contributed by atoms with E-state index in [1.807, 2.05) is 7.05 Å². The largest absolute Gasteiger partial charge is 0.423 e. The molecule has 2 aromatic rings. The van der Waals surface area contributed by atoms with Crippen LogP contribution in [0.1, 0.15) is 42.9 Å². The molecule has 9 heteroatoms. The fourth-order valence-electron chi connectivity index (χ4n) is 2.68. The van der Waals surface area contributed by atoms with Crippen molar-refractivity contribution in [1.82, 2.24) is 10.3 Å². The van der Waals surface area contributed by atoms with Crippen molar-refractivity contribution in [3.05, 3.63) is 24.0 Å². The third-order valence-corrected chi connectivity index (χ3v) is 4.21. The molecule has 0 aliphatic heterocycles. The van der Waals surface area contributed by atoms with Crippen molar-refractivity contribution < 1.29 is 22.6 Å². The van der Waals surface area contributed by atoms with E-state index in [1.54, 1.807) is 6.07 Å². The van der Waals surface area contributed by atoms with Crippen molar-refractivity contribution >= 4 is 30.6 Å². The highest BCUT2D eigenvalue weighted by Crippen LogP contribution is 2.27. The van der Waals surface area contributed by atoms with Crippen molar-refractivity contribution in [2.45, 2.75) is 46.1 Å². The van der Waals surface area contributed by atoms with Gasteiger partial charge in [-0.25, -0.2) is 4.39 Å². The molecule has 164 valence electrons. The van der Waals surface area contributed by atoms with Gasteiger partial charge in [-0.1, -0.05) is 14.4 Å². The summed E-state index contributed by atoms with van der Waals surface area (Å²) in [6, 6.07) is 5.24. The zero-order chi connectivity index (χ0) is 16.7. The molecule has 0 atom stereocenters. The molecular formula is C18H41FN4O3S. The highest BCUT2D eigenvalue weighted by atomic mass is 32.1. The van der Waals surface area contributed by atoms with E-state index in [-0.39, 0.29) is 40.5 Å². The minimum atomic E-state index is -0.307. The second kappa shape index (κ2) is 15.6. The van der Waals surface area contributed by atoms with Crippen LogP contribution in [0.15, 0.2) is 22.6 Å². The second-order valence-electron chi connectivity index (χ2n) is 5.94. The van der Waals surface area contributed by atoms with E-state index in [4.69, 9.17) is 10.2 Å². The summed E-state index contributed by atoms with van der Waals surface area (Å²) in [5, 5.41) is 6.22. The molecule has 1 aromatic heterocycles. The van der Waals surface area contributed by atoms with Crippen LogP contribution in [0, 0.1) is 11.7 Å². The first-order valence-corrected chi connectivity index (χ1v) is 8.33. The van der Waals surface area contributed by atoms with E-state index in [2.05, 4.69) is 22.5 Å². The van der Waals surface area contributed by atoms with Crippen molar-refractivity contribution in [2.75, 3.05) is 25.5 Å². The number of anilines is 1. The Morgan fingerprint density at radius 3 is 2.37 bits per heavy atom. The smallest absolute Gasteiger partial charge is 0.295 e. The molecule has 1 aliphatic carbocycles. The molecule has 1 aromatic carbocycles. The Morgan fingerprint density at radius 2 is 1.85 bits per heavy atom. The topological polar surface area (TPSA) is 139 Å². The van der Waals surface area contributed by atoms with Gasteiger partial charge in [0.15, 0.2) is 5.58 Å². The quantitative estimate of drug-likeness (QED) is 0.708. The van der Waals surface area contributed by atoms with Gasteiger partial charge < -0.3 is 31.7 Å². The maximum atomic E-state index is 13.1. The van der Waals surface area contributed by atoms with E-state index >= 15 is 0 Å². The first-order valence-electron chi connectivity index (χ1n) is 8.33. The number of hydrogen-bond acceptors (Lipinski definition) is 5. The van der Waals surface area contributed by atoms with Crippen molar-refractivity contribution in [2.24, 2.45) is 11.7 Å². The van der Waals surface area contributed by atoms with E-state index in [9.17, 15) is 4.39 Å². The molecule has 27 heavy (non-hydrogen) atoms. The molecule has 0 unspecified atom stereocenters. The maximum Gasteiger partial charge on any atom is 0.295 e. The Morgan fingerprint density at radius 1 is 1.26 bits per heavy atom. The molecule has 0 amide bonds. The van der Waals surface area contributed by atoms with E-state index < -0.39 is 0 Å². The van der Waals surface area contributed by atoms with Crippen LogP contribution in [0.2, 0.25) is 0 Å². The number of oxazole rings is 1. The summed E-state index contributed by atoms with van der Waals surface area (Å²) in [5.74, 6) is 0.342. The van der Waals surface area contributed by atoms with Crippen LogP contribution < -0.4 is 16.4 Å². The van der Waals surface area contributed by atoms with Crippen molar-refractivity contribution in [3.63, 3.8) is 0 Å². The fraction of sp³-hybridized carbons (Fsp3) is 0.611. The summed E-state index contributed by atoms with van der Waals surface area (Å²) in [6.07, 6.45) is 4.44. The van der Waals surface area contributed by atoms with Gasteiger partial charge in [0.2, 0.25) is 0 Å².